The molecule has 0 aliphatic rings. The van der Waals surface area contributed by atoms with Crippen molar-refractivity contribution in [2.75, 3.05) is 6.54 Å². The van der Waals surface area contributed by atoms with Gasteiger partial charge in [0.15, 0.2) is 0 Å². The molecule has 0 aromatic carbocycles. The number of hydrogen-bond donors (Lipinski definition) is 1. The Bertz CT molecular complexity index is 202. The molecule has 0 fully saturated rings. The standard InChI is InChI=1S/C10H16FN/c1-4-9(3)10(11)7-6-8-12-5-2/h4,6-8,12H,5H2,1-3H3/b8-6+,9-4-,10-7+. The molecule has 12 heavy (non-hydrogen) atoms. The van der Waals surface area contributed by atoms with Gasteiger partial charge >= 0.3 is 0 Å². The zero-order valence-electron chi connectivity index (χ0n) is 7.89. The quantitative estimate of drug-likeness (QED) is 0.638. The Hall–Kier alpha value is -1.05. The van der Waals surface area contributed by atoms with Crippen LogP contribution < -0.4 is 5.32 Å². The van der Waals surface area contributed by atoms with Gasteiger partial charge in [0.05, 0.1) is 0 Å². The molecule has 0 atom stereocenters. The average Bonchev–Trinajstić information content (AvgIpc) is 2.10. The van der Waals surface area contributed by atoms with Crippen LogP contribution in [0.5, 0.6) is 0 Å². The van der Waals surface area contributed by atoms with Gasteiger partial charge in [0.1, 0.15) is 5.83 Å². The summed E-state index contributed by atoms with van der Waals surface area (Å²) in [6.07, 6.45) is 6.57. The van der Waals surface area contributed by atoms with Crippen molar-refractivity contribution in [3.05, 3.63) is 35.8 Å². The molecule has 0 aromatic rings. The van der Waals surface area contributed by atoms with Crippen LogP contribution in [-0.4, -0.2) is 6.54 Å². The lowest BCUT2D eigenvalue weighted by Crippen LogP contribution is -2.00. The van der Waals surface area contributed by atoms with Crippen molar-refractivity contribution in [2.45, 2.75) is 20.8 Å². The van der Waals surface area contributed by atoms with E-state index < -0.39 is 0 Å². The van der Waals surface area contributed by atoms with E-state index in [2.05, 4.69) is 5.32 Å². The molecule has 0 saturated heterocycles. The van der Waals surface area contributed by atoms with Crippen molar-refractivity contribution in [3.8, 4) is 0 Å². The fraction of sp³-hybridized carbons (Fsp3) is 0.400. The van der Waals surface area contributed by atoms with Crippen LogP contribution in [0.3, 0.4) is 0 Å². The third kappa shape index (κ3) is 4.72. The van der Waals surface area contributed by atoms with Crippen molar-refractivity contribution in [1.82, 2.24) is 5.32 Å². The number of halogens is 1. The highest BCUT2D eigenvalue weighted by molar-refractivity contribution is 5.25. The summed E-state index contributed by atoms with van der Waals surface area (Å²) in [4.78, 5) is 0. The third-order valence-electron chi connectivity index (χ3n) is 1.47. The summed E-state index contributed by atoms with van der Waals surface area (Å²) < 4.78 is 12.9. The van der Waals surface area contributed by atoms with E-state index in [1.165, 1.54) is 6.08 Å². The lowest BCUT2D eigenvalue weighted by atomic mass is 10.2. The van der Waals surface area contributed by atoms with Gasteiger partial charge in [0.25, 0.3) is 0 Å². The topological polar surface area (TPSA) is 12.0 Å². The van der Waals surface area contributed by atoms with Crippen LogP contribution >= 0.6 is 0 Å². The Morgan fingerprint density at radius 1 is 1.50 bits per heavy atom. The van der Waals surface area contributed by atoms with Crippen LogP contribution in [0.25, 0.3) is 0 Å². The molecule has 0 saturated carbocycles. The first-order chi connectivity index (χ1) is 5.72. The molecule has 1 N–H and O–H groups in total. The Balaban J connectivity index is 4.00. The summed E-state index contributed by atoms with van der Waals surface area (Å²) >= 11 is 0. The number of hydrogen-bond acceptors (Lipinski definition) is 1. The zero-order chi connectivity index (χ0) is 9.40. The second kappa shape index (κ2) is 6.65. The van der Waals surface area contributed by atoms with E-state index in [1.54, 1.807) is 25.3 Å². The fourth-order valence-corrected chi connectivity index (χ4v) is 0.588. The van der Waals surface area contributed by atoms with Crippen molar-refractivity contribution in [3.63, 3.8) is 0 Å². The van der Waals surface area contributed by atoms with Crippen LogP contribution in [0.15, 0.2) is 35.8 Å². The second-order valence-corrected chi connectivity index (χ2v) is 2.40. The predicted molar refractivity (Wildman–Crippen MR) is 51.4 cm³/mol. The molecular weight excluding hydrogens is 153 g/mol. The molecule has 0 spiro atoms. The lowest BCUT2D eigenvalue weighted by molar-refractivity contribution is 0.651. The van der Waals surface area contributed by atoms with Gasteiger partial charge in [0.2, 0.25) is 0 Å². The molecular formula is C10H16FN. The molecule has 0 unspecified atom stereocenters. The minimum Gasteiger partial charge on any atom is -0.391 e. The van der Waals surface area contributed by atoms with Gasteiger partial charge in [-0.1, -0.05) is 6.08 Å². The molecule has 0 radical (unpaired) electrons. The Morgan fingerprint density at radius 2 is 2.17 bits per heavy atom. The average molecular weight is 169 g/mol. The maximum atomic E-state index is 12.9. The normalized spacial score (nSPS) is 14.0. The summed E-state index contributed by atoms with van der Waals surface area (Å²) in [6.45, 7) is 6.40. The second-order valence-electron chi connectivity index (χ2n) is 2.40. The molecule has 0 aliphatic heterocycles. The van der Waals surface area contributed by atoms with E-state index >= 15 is 0 Å². The van der Waals surface area contributed by atoms with E-state index in [1.807, 2.05) is 13.8 Å². The summed E-state index contributed by atoms with van der Waals surface area (Å²) in [7, 11) is 0. The molecule has 2 heteroatoms. The molecule has 1 nitrogen and oxygen atoms in total. The SMILES string of the molecule is C\C=C(C)/C(F)=C\C=C\NCC. The van der Waals surface area contributed by atoms with E-state index in [9.17, 15) is 4.39 Å². The molecule has 0 bridgehead atoms. The lowest BCUT2D eigenvalue weighted by Gasteiger charge is -1.93. The third-order valence-corrected chi connectivity index (χ3v) is 1.47. The van der Waals surface area contributed by atoms with E-state index in [0.29, 0.717) is 5.57 Å². The molecule has 68 valence electrons. The van der Waals surface area contributed by atoms with Crippen LogP contribution in [-0.2, 0) is 0 Å². The van der Waals surface area contributed by atoms with Crippen molar-refractivity contribution in [2.24, 2.45) is 0 Å². The Morgan fingerprint density at radius 3 is 2.67 bits per heavy atom. The maximum absolute atomic E-state index is 12.9. The minimum atomic E-state index is -0.188. The first kappa shape index (κ1) is 11.0. The smallest absolute Gasteiger partial charge is 0.125 e. The predicted octanol–water partition coefficient (Wildman–Crippen LogP) is 2.93. The highest BCUT2D eigenvalue weighted by atomic mass is 19.1. The molecule has 0 heterocycles. The van der Waals surface area contributed by atoms with Crippen molar-refractivity contribution in [1.29, 1.82) is 0 Å². The van der Waals surface area contributed by atoms with Gasteiger partial charge in [-0.3, -0.25) is 0 Å². The Kier molecular flexibility index (Phi) is 6.07. The number of rotatable bonds is 4. The summed E-state index contributed by atoms with van der Waals surface area (Å²) in [5, 5.41) is 2.95. The van der Waals surface area contributed by atoms with E-state index in [4.69, 9.17) is 0 Å². The highest BCUT2D eigenvalue weighted by Gasteiger charge is 1.92. The van der Waals surface area contributed by atoms with Crippen molar-refractivity contribution >= 4 is 0 Å². The first-order valence-electron chi connectivity index (χ1n) is 4.11. The summed E-state index contributed by atoms with van der Waals surface area (Å²) in [5.74, 6) is -0.188. The van der Waals surface area contributed by atoms with Crippen molar-refractivity contribution < 1.29 is 4.39 Å². The van der Waals surface area contributed by atoms with E-state index in [-0.39, 0.29) is 5.83 Å². The van der Waals surface area contributed by atoms with Gasteiger partial charge in [-0.2, -0.15) is 0 Å². The van der Waals surface area contributed by atoms with Crippen LogP contribution in [0.2, 0.25) is 0 Å². The number of allylic oxidation sites excluding steroid dienone is 5. The molecule has 0 rings (SSSR count). The van der Waals surface area contributed by atoms with E-state index in [0.717, 1.165) is 6.54 Å². The minimum absolute atomic E-state index is 0.188. The van der Waals surface area contributed by atoms with Crippen LogP contribution in [0.4, 0.5) is 4.39 Å². The first-order valence-corrected chi connectivity index (χ1v) is 4.11. The maximum Gasteiger partial charge on any atom is 0.125 e. The monoisotopic (exact) mass is 169 g/mol. The van der Waals surface area contributed by atoms with Crippen LogP contribution in [0.1, 0.15) is 20.8 Å². The summed E-state index contributed by atoms with van der Waals surface area (Å²) in [5.41, 5.74) is 0.663. The zero-order valence-corrected chi connectivity index (χ0v) is 7.89. The van der Waals surface area contributed by atoms with Gasteiger partial charge < -0.3 is 5.32 Å². The van der Waals surface area contributed by atoms with Gasteiger partial charge in [0, 0.05) is 6.54 Å². The molecule has 0 aromatic heterocycles. The fourth-order valence-electron chi connectivity index (χ4n) is 0.588. The molecule has 0 amide bonds. The summed E-state index contributed by atoms with van der Waals surface area (Å²) in [6, 6.07) is 0. The van der Waals surface area contributed by atoms with Gasteiger partial charge in [-0.05, 0) is 44.7 Å². The largest absolute Gasteiger partial charge is 0.391 e. The molecule has 0 aliphatic carbocycles. The number of nitrogens with one attached hydrogen (secondary N) is 1. The highest BCUT2D eigenvalue weighted by Crippen LogP contribution is 2.09. The van der Waals surface area contributed by atoms with Gasteiger partial charge in [-0.15, -0.1) is 0 Å². The van der Waals surface area contributed by atoms with Crippen LogP contribution in [0, 0.1) is 0 Å². The Labute approximate surface area is 73.7 Å². The van der Waals surface area contributed by atoms with Gasteiger partial charge in [-0.25, -0.2) is 4.39 Å².